The van der Waals surface area contributed by atoms with Crippen molar-refractivity contribution in [1.29, 1.82) is 0 Å². The lowest BCUT2D eigenvalue weighted by molar-refractivity contribution is 0.243. The Morgan fingerprint density at radius 3 is 2.55 bits per heavy atom. The van der Waals surface area contributed by atoms with Gasteiger partial charge in [-0.3, -0.25) is 9.69 Å². The summed E-state index contributed by atoms with van der Waals surface area (Å²) in [5.41, 5.74) is 1.29. The number of fused-ring (bicyclic) bond motifs is 2. The van der Waals surface area contributed by atoms with Crippen molar-refractivity contribution in [3.05, 3.63) is 58.4 Å². The number of benzene rings is 1. The van der Waals surface area contributed by atoms with Gasteiger partial charge in [-0.05, 0) is 24.3 Å². The summed E-state index contributed by atoms with van der Waals surface area (Å²) in [5, 5.41) is 14.0. The van der Waals surface area contributed by atoms with Gasteiger partial charge in [0.15, 0.2) is 11.5 Å². The van der Waals surface area contributed by atoms with E-state index in [0.29, 0.717) is 17.8 Å². The minimum atomic E-state index is -0.131. The predicted octanol–water partition coefficient (Wildman–Crippen LogP) is 1.98. The van der Waals surface area contributed by atoms with Gasteiger partial charge >= 0.3 is 0 Å². The topological polar surface area (TPSA) is 95.3 Å². The quantitative estimate of drug-likeness (QED) is 0.543. The molecule has 3 aromatic heterocycles. The molecule has 0 amide bonds. The summed E-state index contributed by atoms with van der Waals surface area (Å²) in [7, 11) is 0. The molecule has 160 valence electrons. The van der Waals surface area contributed by atoms with Crippen molar-refractivity contribution in [2.24, 2.45) is 0 Å². The Bertz CT molecular complexity index is 1290. The van der Waals surface area contributed by atoms with Gasteiger partial charge in [0.05, 0.1) is 17.4 Å². The van der Waals surface area contributed by atoms with Crippen molar-refractivity contribution >= 4 is 22.4 Å². The first kappa shape index (κ1) is 19.6. The van der Waals surface area contributed by atoms with Crippen molar-refractivity contribution < 1.29 is 0 Å². The van der Waals surface area contributed by atoms with Crippen LogP contribution in [0.4, 0.5) is 5.82 Å². The van der Waals surface area contributed by atoms with Crippen molar-refractivity contribution in [3.8, 4) is 0 Å². The highest BCUT2D eigenvalue weighted by Gasteiger charge is 2.24. The summed E-state index contributed by atoms with van der Waals surface area (Å²) in [6.45, 7) is 10.4. The number of nitrogens with zero attached hydrogens (tertiary/aromatic N) is 7. The molecule has 1 aliphatic heterocycles. The van der Waals surface area contributed by atoms with Crippen LogP contribution in [0, 0.1) is 0 Å². The summed E-state index contributed by atoms with van der Waals surface area (Å²) >= 11 is 0. The second-order valence-corrected chi connectivity index (χ2v) is 9.03. The van der Waals surface area contributed by atoms with E-state index in [2.05, 4.69) is 50.7 Å². The number of hydrogen-bond donors (Lipinski definition) is 1. The number of hydrogen-bond acceptors (Lipinski definition) is 7. The molecule has 0 spiro atoms. The Kier molecular flexibility index (Phi) is 4.70. The van der Waals surface area contributed by atoms with Crippen LogP contribution < -0.4 is 10.5 Å². The molecule has 4 aromatic rings. The third-order valence-corrected chi connectivity index (χ3v) is 5.65. The molecule has 4 heterocycles. The molecule has 0 aliphatic carbocycles. The van der Waals surface area contributed by atoms with E-state index < -0.39 is 0 Å². The van der Waals surface area contributed by atoms with E-state index in [9.17, 15) is 4.79 Å². The van der Waals surface area contributed by atoms with E-state index in [1.165, 1.54) is 0 Å². The largest absolute Gasteiger partial charge is 0.353 e. The van der Waals surface area contributed by atoms with Gasteiger partial charge in [-0.1, -0.05) is 32.9 Å². The normalized spacial score (nSPS) is 15.8. The Balaban J connectivity index is 1.30. The first-order valence-corrected chi connectivity index (χ1v) is 10.6. The zero-order valence-electron chi connectivity index (χ0n) is 18.0. The van der Waals surface area contributed by atoms with E-state index in [0.717, 1.165) is 49.0 Å². The second kappa shape index (κ2) is 7.42. The van der Waals surface area contributed by atoms with Crippen LogP contribution in [0.5, 0.6) is 0 Å². The van der Waals surface area contributed by atoms with Crippen LogP contribution in [0.15, 0.2) is 41.2 Å². The molecule has 5 rings (SSSR count). The van der Waals surface area contributed by atoms with E-state index in [1.807, 2.05) is 34.8 Å². The van der Waals surface area contributed by atoms with Gasteiger partial charge in [0, 0.05) is 31.6 Å². The standard InChI is InChI=1S/C22H26N8O/c1-22(2,3)21-26-25-18-8-9-19(27-30(18)21)29-12-10-28(11-13-29)14-17-23-16-7-5-4-6-15(16)20(31)24-17/h4-9H,10-14H2,1-3H3,(H,23,24,31). The minimum Gasteiger partial charge on any atom is -0.353 e. The molecule has 9 heteroatoms. The highest BCUT2D eigenvalue weighted by Crippen LogP contribution is 2.22. The van der Waals surface area contributed by atoms with Gasteiger partial charge in [-0.25, -0.2) is 4.98 Å². The Morgan fingerprint density at radius 2 is 1.77 bits per heavy atom. The maximum Gasteiger partial charge on any atom is 0.258 e. The predicted molar refractivity (Wildman–Crippen MR) is 119 cm³/mol. The number of para-hydroxylation sites is 1. The lowest BCUT2D eigenvalue weighted by Gasteiger charge is -2.35. The van der Waals surface area contributed by atoms with E-state index in [4.69, 9.17) is 5.10 Å². The third kappa shape index (κ3) is 3.76. The van der Waals surface area contributed by atoms with E-state index >= 15 is 0 Å². The maximum absolute atomic E-state index is 12.3. The number of aromatic nitrogens is 6. The Morgan fingerprint density at radius 1 is 1.00 bits per heavy atom. The van der Waals surface area contributed by atoms with Gasteiger partial charge in [0.1, 0.15) is 11.6 Å². The fourth-order valence-corrected chi connectivity index (χ4v) is 3.97. The number of rotatable bonds is 3. The zero-order valence-corrected chi connectivity index (χ0v) is 18.0. The smallest absolute Gasteiger partial charge is 0.258 e. The highest BCUT2D eigenvalue weighted by molar-refractivity contribution is 5.77. The number of nitrogens with one attached hydrogen (secondary N) is 1. The molecule has 1 fully saturated rings. The highest BCUT2D eigenvalue weighted by atomic mass is 16.1. The van der Waals surface area contributed by atoms with Crippen LogP contribution in [0.3, 0.4) is 0 Å². The molecule has 1 aliphatic rings. The molecule has 31 heavy (non-hydrogen) atoms. The van der Waals surface area contributed by atoms with Crippen LogP contribution in [0.2, 0.25) is 0 Å². The fourth-order valence-electron chi connectivity index (χ4n) is 3.97. The first-order valence-electron chi connectivity index (χ1n) is 10.6. The Hall–Kier alpha value is -3.33. The van der Waals surface area contributed by atoms with E-state index in [-0.39, 0.29) is 11.0 Å². The van der Waals surface area contributed by atoms with E-state index in [1.54, 1.807) is 6.07 Å². The van der Waals surface area contributed by atoms with Gasteiger partial charge in [0.25, 0.3) is 5.56 Å². The molecule has 0 atom stereocenters. The molecule has 1 aromatic carbocycles. The first-order chi connectivity index (χ1) is 14.9. The van der Waals surface area contributed by atoms with Crippen molar-refractivity contribution in [2.75, 3.05) is 31.1 Å². The Labute approximate surface area is 179 Å². The number of anilines is 1. The maximum atomic E-state index is 12.3. The molecular weight excluding hydrogens is 392 g/mol. The average Bonchev–Trinajstić information content (AvgIpc) is 3.18. The lowest BCUT2D eigenvalue weighted by atomic mass is 9.96. The van der Waals surface area contributed by atoms with Gasteiger partial charge < -0.3 is 9.88 Å². The molecule has 0 radical (unpaired) electrons. The number of piperazine rings is 1. The monoisotopic (exact) mass is 418 g/mol. The molecule has 0 unspecified atom stereocenters. The second-order valence-electron chi connectivity index (χ2n) is 9.03. The fraction of sp³-hybridized carbons (Fsp3) is 0.409. The summed E-state index contributed by atoms with van der Waals surface area (Å²) in [6.07, 6.45) is 0. The average molecular weight is 419 g/mol. The van der Waals surface area contributed by atoms with Crippen LogP contribution in [0.1, 0.15) is 32.4 Å². The van der Waals surface area contributed by atoms with Gasteiger partial charge in [-0.15, -0.1) is 15.3 Å². The van der Waals surface area contributed by atoms with Gasteiger partial charge in [-0.2, -0.15) is 4.52 Å². The molecule has 0 bridgehead atoms. The molecule has 9 nitrogen and oxygen atoms in total. The summed E-state index contributed by atoms with van der Waals surface area (Å²) in [5.74, 6) is 2.49. The summed E-state index contributed by atoms with van der Waals surface area (Å²) < 4.78 is 1.85. The molecular formula is C22H26N8O. The van der Waals surface area contributed by atoms with Crippen LogP contribution in [0.25, 0.3) is 16.6 Å². The number of H-pyrrole nitrogens is 1. The number of aromatic amines is 1. The SMILES string of the molecule is CC(C)(C)c1nnc2ccc(N3CCN(Cc4nc5ccccc5c(=O)[nH]4)CC3)nn12. The van der Waals surface area contributed by atoms with Crippen molar-refractivity contribution in [1.82, 2.24) is 34.7 Å². The molecule has 1 saturated heterocycles. The summed E-state index contributed by atoms with van der Waals surface area (Å²) in [6, 6.07) is 11.4. The van der Waals surface area contributed by atoms with Crippen molar-refractivity contribution in [3.63, 3.8) is 0 Å². The zero-order chi connectivity index (χ0) is 21.6. The summed E-state index contributed by atoms with van der Waals surface area (Å²) in [4.78, 5) is 24.5. The van der Waals surface area contributed by atoms with Crippen LogP contribution in [-0.4, -0.2) is 60.9 Å². The lowest BCUT2D eigenvalue weighted by Crippen LogP contribution is -2.46. The van der Waals surface area contributed by atoms with Gasteiger partial charge in [0.2, 0.25) is 0 Å². The van der Waals surface area contributed by atoms with Crippen molar-refractivity contribution in [2.45, 2.75) is 32.7 Å². The van der Waals surface area contributed by atoms with Crippen LogP contribution >= 0.6 is 0 Å². The molecule has 1 N–H and O–H groups in total. The molecule has 0 saturated carbocycles. The minimum absolute atomic E-state index is 0.0830. The third-order valence-electron chi connectivity index (χ3n) is 5.65. The van der Waals surface area contributed by atoms with Crippen LogP contribution in [-0.2, 0) is 12.0 Å².